The Hall–Kier alpha value is -1.72. The van der Waals surface area contributed by atoms with Gasteiger partial charge in [0.25, 0.3) is 0 Å². The van der Waals surface area contributed by atoms with Crippen LogP contribution >= 0.6 is 0 Å². The number of aromatic nitrogens is 2. The molecule has 0 radical (unpaired) electrons. The number of carbonyl (C=O) groups is 1. The molecule has 1 aliphatic rings. The molecular formula is C13H22N4O2. The fourth-order valence-corrected chi connectivity index (χ4v) is 2.31. The van der Waals surface area contributed by atoms with Crippen LogP contribution in [0.5, 0.6) is 0 Å². The summed E-state index contributed by atoms with van der Waals surface area (Å²) in [6.07, 6.45) is 3.16. The van der Waals surface area contributed by atoms with Crippen LogP contribution in [0.15, 0.2) is 6.20 Å². The number of rotatable bonds is 1. The number of piperidine rings is 1. The van der Waals surface area contributed by atoms with Crippen LogP contribution in [0.25, 0.3) is 0 Å². The van der Waals surface area contributed by atoms with E-state index in [1.54, 1.807) is 11.1 Å². The average Bonchev–Trinajstić information content (AvgIpc) is 2.73. The Morgan fingerprint density at radius 2 is 2.11 bits per heavy atom. The standard InChI is InChI=1S/C13H22N4O2/c1-13(2,3)19-12(18)17-6-4-9(5-7-17)11-10(14)8-15-16-11/h8-9H,4-7,14H2,1-3H3,(H,15,16). The molecule has 1 fully saturated rings. The third-order valence-corrected chi connectivity index (χ3v) is 3.25. The van der Waals surface area contributed by atoms with E-state index in [0.717, 1.165) is 18.5 Å². The second kappa shape index (κ2) is 5.11. The van der Waals surface area contributed by atoms with Crippen LogP contribution in [0.2, 0.25) is 0 Å². The van der Waals surface area contributed by atoms with E-state index < -0.39 is 5.60 Å². The number of nitrogens with two attached hydrogens (primary N) is 1. The van der Waals surface area contributed by atoms with Gasteiger partial charge in [-0.3, -0.25) is 5.10 Å². The lowest BCUT2D eigenvalue weighted by Gasteiger charge is -2.33. The smallest absolute Gasteiger partial charge is 0.410 e. The second-order valence-corrected chi connectivity index (χ2v) is 5.98. The quantitative estimate of drug-likeness (QED) is 0.815. The van der Waals surface area contributed by atoms with Crippen LogP contribution in [0.1, 0.15) is 45.2 Å². The first-order valence-corrected chi connectivity index (χ1v) is 6.63. The van der Waals surface area contributed by atoms with E-state index in [9.17, 15) is 4.79 Å². The number of likely N-dealkylation sites (tertiary alicyclic amines) is 1. The van der Waals surface area contributed by atoms with Crippen molar-refractivity contribution in [1.29, 1.82) is 0 Å². The first-order valence-electron chi connectivity index (χ1n) is 6.63. The van der Waals surface area contributed by atoms with Gasteiger partial charge in [-0.05, 0) is 33.6 Å². The summed E-state index contributed by atoms with van der Waals surface area (Å²) >= 11 is 0. The van der Waals surface area contributed by atoms with Crippen molar-refractivity contribution < 1.29 is 9.53 Å². The fourth-order valence-electron chi connectivity index (χ4n) is 2.31. The predicted molar refractivity (Wildman–Crippen MR) is 72.8 cm³/mol. The minimum absolute atomic E-state index is 0.233. The Morgan fingerprint density at radius 3 is 2.58 bits per heavy atom. The van der Waals surface area contributed by atoms with Crippen molar-refractivity contribution in [2.24, 2.45) is 0 Å². The number of ether oxygens (including phenoxy) is 1. The molecule has 0 unspecified atom stereocenters. The Balaban J connectivity index is 1.89. The van der Waals surface area contributed by atoms with Gasteiger partial charge in [-0.15, -0.1) is 0 Å². The molecule has 2 heterocycles. The number of anilines is 1. The highest BCUT2D eigenvalue weighted by molar-refractivity contribution is 5.68. The summed E-state index contributed by atoms with van der Waals surface area (Å²) < 4.78 is 5.37. The van der Waals surface area contributed by atoms with Gasteiger partial charge in [0, 0.05) is 19.0 Å². The van der Waals surface area contributed by atoms with Gasteiger partial charge in [-0.25, -0.2) is 4.79 Å². The molecule has 19 heavy (non-hydrogen) atoms. The molecule has 1 saturated heterocycles. The van der Waals surface area contributed by atoms with E-state index in [1.165, 1.54) is 0 Å². The molecule has 0 spiro atoms. The van der Waals surface area contributed by atoms with Crippen molar-refractivity contribution in [3.8, 4) is 0 Å². The van der Waals surface area contributed by atoms with Gasteiger partial charge in [-0.2, -0.15) is 5.10 Å². The lowest BCUT2D eigenvalue weighted by molar-refractivity contribution is 0.0204. The summed E-state index contributed by atoms with van der Waals surface area (Å²) in [5.74, 6) is 0.348. The Labute approximate surface area is 113 Å². The molecule has 0 saturated carbocycles. The molecule has 2 rings (SSSR count). The first kappa shape index (κ1) is 13.7. The second-order valence-electron chi connectivity index (χ2n) is 5.98. The van der Waals surface area contributed by atoms with Crippen LogP contribution in [-0.4, -0.2) is 39.9 Å². The van der Waals surface area contributed by atoms with Crippen molar-refractivity contribution in [2.45, 2.75) is 45.1 Å². The zero-order chi connectivity index (χ0) is 14.0. The highest BCUT2D eigenvalue weighted by Gasteiger charge is 2.28. The summed E-state index contributed by atoms with van der Waals surface area (Å²) in [4.78, 5) is 13.7. The topological polar surface area (TPSA) is 84.2 Å². The molecule has 1 aromatic heterocycles. The monoisotopic (exact) mass is 266 g/mol. The van der Waals surface area contributed by atoms with E-state index in [4.69, 9.17) is 10.5 Å². The highest BCUT2D eigenvalue weighted by atomic mass is 16.6. The molecule has 6 heteroatoms. The van der Waals surface area contributed by atoms with Crippen LogP contribution in [-0.2, 0) is 4.74 Å². The molecule has 6 nitrogen and oxygen atoms in total. The number of nitrogens with one attached hydrogen (secondary N) is 1. The zero-order valence-corrected chi connectivity index (χ0v) is 11.8. The molecule has 0 bridgehead atoms. The first-order chi connectivity index (χ1) is 8.87. The number of hydrogen-bond donors (Lipinski definition) is 2. The molecule has 3 N–H and O–H groups in total. The molecule has 0 aromatic carbocycles. The number of aromatic amines is 1. The summed E-state index contributed by atoms with van der Waals surface area (Å²) in [5, 5.41) is 6.89. The summed E-state index contributed by atoms with van der Waals surface area (Å²) in [6.45, 7) is 7.02. The van der Waals surface area contributed by atoms with Crippen molar-refractivity contribution in [2.75, 3.05) is 18.8 Å². The number of hydrogen-bond acceptors (Lipinski definition) is 4. The van der Waals surface area contributed by atoms with E-state index in [0.29, 0.717) is 24.7 Å². The molecule has 0 atom stereocenters. The Kier molecular flexibility index (Phi) is 3.68. The van der Waals surface area contributed by atoms with E-state index in [1.807, 2.05) is 20.8 Å². The Bertz CT molecular complexity index is 442. The van der Waals surface area contributed by atoms with Gasteiger partial charge in [0.1, 0.15) is 5.60 Å². The minimum Gasteiger partial charge on any atom is -0.444 e. The van der Waals surface area contributed by atoms with Gasteiger partial charge in [-0.1, -0.05) is 0 Å². The maximum absolute atomic E-state index is 11.9. The number of amides is 1. The van der Waals surface area contributed by atoms with Crippen LogP contribution < -0.4 is 5.73 Å². The molecular weight excluding hydrogens is 244 g/mol. The number of carbonyl (C=O) groups excluding carboxylic acids is 1. The third-order valence-electron chi connectivity index (χ3n) is 3.25. The number of nitrogens with zero attached hydrogens (tertiary/aromatic N) is 2. The average molecular weight is 266 g/mol. The highest BCUT2D eigenvalue weighted by Crippen LogP contribution is 2.30. The minimum atomic E-state index is -0.443. The van der Waals surface area contributed by atoms with Gasteiger partial charge >= 0.3 is 6.09 Å². The summed E-state index contributed by atoms with van der Waals surface area (Å²) in [6, 6.07) is 0. The molecule has 1 aromatic rings. The van der Waals surface area contributed by atoms with Crippen LogP contribution in [0, 0.1) is 0 Å². The Morgan fingerprint density at radius 1 is 1.47 bits per heavy atom. The van der Waals surface area contributed by atoms with Gasteiger partial charge in [0.15, 0.2) is 0 Å². The zero-order valence-electron chi connectivity index (χ0n) is 11.8. The fraction of sp³-hybridized carbons (Fsp3) is 0.692. The molecule has 1 amide bonds. The van der Waals surface area contributed by atoms with Crippen LogP contribution in [0.4, 0.5) is 10.5 Å². The predicted octanol–water partition coefficient (Wildman–Crippen LogP) is 2.11. The lowest BCUT2D eigenvalue weighted by atomic mass is 9.93. The number of nitrogen functional groups attached to an aromatic ring is 1. The van der Waals surface area contributed by atoms with Gasteiger partial charge < -0.3 is 15.4 Å². The SMILES string of the molecule is CC(C)(C)OC(=O)N1CCC(c2[nH]ncc2N)CC1. The number of H-pyrrole nitrogens is 1. The van der Waals surface area contributed by atoms with Gasteiger partial charge in [0.2, 0.25) is 0 Å². The summed E-state index contributed by atoms with van der Waals surface area (Å²) in [7, 11) is 0. The van der Waals surface area contributed by atoms with Crippen molar-refractivity contribution in [3.05, 3.63) is 11.9 Å². The summed E-state index contributed by atoms with van der Waals surface area (Å²) in [5.41, 5.74) is 7.10. The molecule has 106 valence electrons. The maximum atomic E-state index is 11.9. The van der Waals surface area contributed by atoms with Crippen molar-refractivity contribution >= 4 is 11.8 Å². The van der Waals surface area contributed by atoms with E-state index in [-0.39, 0.29) is 6.09 Å². The molecule has 1 aliphatic heterocycles. The lowest BCUT2D eigenvalue weighted by Crippen LogP contribution is -2.41. The van der Waals surface area contributed by atoms with Crippen LogP contribution in [0.3, 0.4) is 0 Å². The normalized spacial score (nSPS) is 17.5. The van der Waals surface area contributed by atoms with Gasteiger partial charge in [0.05, 0.1) is 17.6 Å². The largest absolute Gasteiger partial charge is 0.444 e. The van der Waals surface area contributed by atoms with E-state index >= 15 is 0 Å². The molecule has 0 aliphatic carbocycles. The third kappa shape index (κ3) is 3.39. The van der Waals surface area contributed by atoms with Crippen molar-refractivity contribution in [3.63, 3.8) is 0 Å². The maximum Gasteiger partial charge on any atom is 0.410 e. The van der Waals surface area contributed by atoms with E-state index in [2.05, 4.69) is 10.2 Å². The van der Waals surface area contributed by atoms with Crippen molar-refractivity contribution in [1.82, 2.24) is 15.1 Å².